The number of hydrogen-bond donors (Lipinski definition) is 2. The van der Waals surface area contributed by atoms with E-state index >= 15 is 0 Å². The lowest BCUT2D eigenvalue weighted by Gasteiger charge is -2.18. The Morgan fingerprint density at radius 2 is 2.11 bits per heavy atom. The molecular weight excluding hydrogens is 351 g/mol. The molecule has 0 bridgehead atoms. The molecule has 0 aliphatic carbocycles. The fourth-order valence-electron chi connectivity index (χ4n) is 2.37. The van der Waals surface area contributed by atoms with Crippen molar-refractivity contribution < 1.29 is 0 Å². The van der Waals surface area contributed by atoms with Gasteiger partial charge in [-0.1, -0.05) is 20.8 Å². The molecule has 0 spiro atoms. The first-order valence-corrected chi connectivity index (χ1v) is 7.30. The van der Waals surface area contributed by atoms with Gasteiger partial charge in [0.2, 0.25) is 0 Å². The van der Waals surface area contributed by atoms with Crippen molar-refractivity contribution in [3.63, 3.8) is 0 Å². The second-order valence-electron chi connectivity index (χ2n) is 5.99. The molecule has 0 saturated carbocycles. The van der Waals surface area contributed by atoms with E-state index in [4.69, 9.17) is 5.73 Å². The van der Waals surface area contributed by atoms with Gasteiger partial charge in [0.1, 0.15) is 0 Å². The van der Waals surface area contributed by atoms with E-state index in [1.54, 1.807) is 0 Å². The molecule has 0 aromatic rings. The lowest BCUT2D eigenvalue weighted by Crippen LogP contribution is -2.38. The van der Waals surface area contributed by atoms with Crippen LogP contribution in [0.5, 0.6) is 0 Å². The molecule has 0 aromatic carbocycles. The maximum atomic E-state index is 5.87. The van der Waals surface area contributed by atoms with Gasteiger partial charge >= 0.3 is 0 Å². The molecule has 2 atom stereocenters. The van der Waals surface area contributed by atoms with Crippen LogP contribution < -0.4 is 11.1 Å². The number of hydrogen-bond acceptors (Lipinski definition) is 2. The van der Waals surface area contributed by atoms with Crippen molar-refractivity contribution in [2.45, 2.75) is 46.6 Å². The molecular formula is C14H31IN4. The molecule has 0 aromatic heterocycles. The third-order valence-corrected chi connectivity index (χ3v) is 3.52. The van der Waals surface area contributed by atoms with E-state index in [0.717, 1.165) is 18.9 Å². The normalized spacial score (nSPS) is 22.4. The van der Waals surface area contributed by atoms with Crippen LogP contribution in [0.3, 0.4) is 0 Å². The summed E-state index contributed by atoms with van der Waals surface area (Å²) in [6, 6.07) is 0.412. The molecule has 1 rings (SSSR count). The fraction of sp³-hybridized carbons (Fsp3) is 0.929. The first-order valence-electron chi connectivity index (χ1n) is 7.30. The number of aliphatic imine (C=N–C) groups is 1. The van der Waals surface area contributed by atoms with Gasteiger partial charge in [0.15, 0.2) is 5.96 Å². The van der Waals surface area contributed by atoms with Crippen LogP contribution in [0, 0.1) is 11.8 Å². The Bertz CT molecular complexity index is 268. The van der Waals surface area contributed by atoms with Gasteiger partial charge < -0.3 is 16.0 Å². The third kappa shape index (κ3) is 7.97. The van der Waals surface area contributed by atoms with Crippen LogP contribution >= 0.6 is 24.0 Å². The zero-order valence-corrected chi connectivity index (χ0v) is 15.2. The first-order chi connectivity index (χ1) is 8.51. The molecule has 0 amide bonds. The Labute approximate surface area is 135 Å². The molecule has 4 nitrogen and oxygen atoms in total. The number of halogens is 1. The van der Waals surface area contributed by atoms with E-state index in [-0.39, 0.29) is 24.0 Å². The number of nitrogens with zero attached hydrogens (tertiary/aromatic N) is 2. The third-order valence-electron chi connectivity index (χ3n) is 3.52. The van der Waals surface area contributed by atoms with Crippen molar-refractivity contribution in [2.75, 3.05) is 26.2 Å². The maximum absolute atomic E-state index is 5.87. The average Bonchev–Trinajstić information content (AvgIpc) is 2.73. The second-order valence-corrected chi connectivity index (χ2v) is 5.99. The molecule has 19 heavy (non-hydrogen) atoms. The Hall–Kier alpha value is -0.0400. The van der Waals surface area contributed by atoms with Crippen molar-refractivity contribution >= 4 is 29.9 Å². The molecule has 5 heteroatoms. The van der Waals surface area contributed by atoms with Crippen molar-refractivity contribution in [3.05, 3.63) is 0 Å². The Kier molecular flexibility index (Phi) is 9.78. The monoisotopic (exact) mass is 382 g/mol. The first kappa shape index (κ1) is 19.0. The van der Waals surface area contributed by atoms with Gasteiger partial charge in [-0.15, -0.1) is 24.0 Å². The number of rotatable bonds is 6. The largest absolute Gasteiger partial charge is 0.370 e. The van der Waals surface area contributed by atoms with Crippen LogP contribution in [-0.4, -0.2) is 43.1 Å². The van der Waals surface area contributed by atoms with E-state index < -0.39 is 0 Å². The molecule has 1 aliphatic heterocycles. The zero-order chi connectivity index (χ0) is 13.5. The summed E-state index contributed by atoms with van der Waals surface area (Å²) < 4.78 is 0. The summed E-state index contributed by atoms with van der Waals surface area (Å²) in [5.74, 6) is 2.04. The van der Waals surface area contributed by atoms with Crippen molar-refractivity contribution in [3.8, 4) is 0 Å². The molecule has 1 saturated heterocycles. The van der Waals surface area contributed by atoms with Gasteiger partial charge in [0.05, 0.1) is 0 Å². The summed E-state index contributed by atoms with van der Waals surface area (Å²) in [5, 5.41) is 3.21. The van der Waals surface area contributed by atoms with Crippen LogP contribution in [-0.2, 0) is 0 Å². The molecule has 3 N–H and O–H groups in total. The quantitative estimate of drug-likeness (QED) is 0.421. The van der Waals surface area contributed by atoms with Crippen LogP contribution in [0.25, 0.3) is 0 Å². The number of nitrogens with one attached hydrogen (secondary N) is 1. The summed E-state index contributed by atoms with van der Waals surface area (Å²) in [7, 11) is 0. The highest BCUT2D eigenvalue weighted by Gasteiger charge is 2.22. The predicted octanol–water partition coefficient (Wildman–Crippen LogP) is 2.29. The lowest BCUT2D eigenvalue weighted by molar-refractivity contribution is 0.288. The van der Waals surface area contributed by atoms with Crippen molar-refractivity contribution in [2.24, 2.45) is 22.6 Å². The fourth-order valence-corrected chi connectivity index (χ4v) is 2.37. The van der Waals surface area contributed by atoms with Crippen molar-refractivity contribution in [1.82, 2.24) is 10.2 Å². The van der Waals surface area contributed by atoms with Gasteiger partial charge in [0, 0.05) is 25.7 Å². The molecule has 114 valence electrons. The van der Waals surface area contributed by atoms with E-state index in [9.17, 15) is 0 Å². The molecule has 2 unspecified atom stereocenters. The maximum Gasteiger partial charge on any atom is 0.188 e. The Morgan fingerprint density at radius 3 is 2.68 bits per heavy atom. The minimum absolute atomic E-state index is 0. The highest BCUT2D eigenvalue weighted by atomic mass is 127. The molecule has 1 heterocycles. The van der Waals surface area contributed by atoms with Crippen LogP contribution in [0.4, 0.5) is 0 Å². The topological polar surface area (TPSA) is 53.6 Å². The summed E-state index contributed by atoms with van der Waals surface area (Å²) >= 11 is 0. The minimum atomic E-state index is 0. The predicted molar refractivity (Wildman–Crippen MR) is 94.2 cm³/mol. The van der Waals surface area contributed by atoms with Gasteiger partial charge in [-0.2, -0.15) is 0 Å². The number of nitrogens with two attached hydrogens (primary N) is 1. The highest BCUT2D eigenvalue weighted by Crippen LogP contribution is 2.17. The average molecular weight is 382 g/mol. The van der Waals surface area contributed by atoms with Gasteiger partial charge in [-0.3, -0.25) is 4.99 Å². The van der Waals surface area contributed by atoms with E-state index in [1.165, 1.54) is 26.1 Å². The zero-order valence-electron chi connectivity index (χ0n) is 12.9. The molecule has 1 fully saturated rings. The highest BCUT2D eigenvalue weighted by molar-refractivity contribution is 14.0. The molecule has 1 aliphatic rings. The SMILES string of the molecule is CCC(C)NC(N)=NCC1CCN(CC(C)C)C1.I. The van der Waals surface area contributed by atoms with Gasteiger partial charge in [0.25, 0.3) is 0 Å². The standard InChI is InChI=1S/C14H30N4.HI/c1-5-12(4)17-14(15)16-8-13-6-7-18(10-13)9-11(2)3;/h11-13H,5-10H2,1-4H3,(H3,15,16,17);1H. The van der Waals surface area contributed by atoms with E-state index in [0.29, 0.717) is 17.9 Å². The van der Waals surface area contributed by atoms with Crippen LogP contribution in [0.1, 0.15) is 40.5 Å². The van der Waals surface area contributed by atoms with Crippen LogP contribution in [0.2, 0.25) is 0 Å². The second kappa shape index (κ2) is 9.80. The number of guanidine groups is 1. The van der Waals surface area contributed by atoms with Gasteiger partial charge in [-0.25, -0.2) is 0 Å². The van der Waals surface area contributed by atoms with E-state index in [1.807, 2.05) is 0 Å². The van der Waals surface area contributed by atoms with Crippen molar-refractivity contribution in [1.29, 1.82) is 0 Å². The van der Waals surface area contributed by atoms with Crippen LogP contribution in [0.15, 0.2) is 4.99 Å². The Morgan fingerprint density at radius 1 is 1.42 bits per heavy atom. The smallest absolute Gasteiger partial charge is 0.188 e. The van der Waals surface area contributed by atoms with E-state index in [2.05, 4.69) is 42.9 Å². The van der Waals surface area contributed by atoms with Gasteiger partial charge in [-0.05, 0) is 38.1 Å². The summed E-state index contributed by atoms with van der Waals surface area (Å²) in [5.41, 5.74) is 5.87. The minimum Gasteiger partial charge on any atom is -0.370 e. The summed E-state index contributed by atoms with van der Waals surface area (Å²) in [4.78, 5) is 7.01. The summed E-state index contributed by atoms with van der Waals surface area (Å²) in [6.45, 7) is 13.3. The number of likely N-dealkylation sites (tertiary alicyclic amines) is 1. The Balaban J connectivity index is 0.00000324. The summed E-state index contributed by atoms with van der Waals surface area (Å²) in [6.07, 6.45) is 2.33. The molecule has 0 radical (unpaired) electrons. The lowest BCUT2D eigenvalue weighted by atomic mass is 10.1.